The van der Waals surface area contributed by atoms with Crippen LogP contribution in [0.2, 0.25) is 0 Å². The van der Waals surface area contributed by atoms with E-state index in [1.807, 2.05) is 17.7 Å². The van der Waals surface area contributed by atoms with Crippen LogP contribution in [-0.4, -0.2) is 46.9 Å². The van der Waals surface area contributed by atoms with Gasteiger partial charge >= 0.3 is 10.3 Å². The third kappa shape index (κ3) is 3.35. The third-order valence-electron chi connectivity index (χ3n) is 3.87. The van der Waals surface area contributed by atoms with E-state index in [-0.39, 0.29) is 6.61 Å². The molecule has 1 aliphatic rings. The van der Waals surface area contributed by atoms with Gasteiger partial charge in [0.15, 0.2) is 0 Å². The van der Waals surface area contributed by atoms with E-state index >= 15 is 0 Å². The van der Waals surface area contributed by atoms with Gasteiger partial charge in [-0.25, -0.2) is 15.1 Å². The predicted molar refractivity (Wildman–Crippen MR) is 80.5 cm³/mol. The molecular weight excluding hydrogens is 324 g/mol. The minimum absolute atomic E-state index is 0.301. The Kier molecular flexibility index (Phi) is 4.34. The summed E-state index contributed by atoms with van der Waals surface area (Å²) in [5.74, 6) is 0. The lowest BCUT2D eigenvalue weighted by molar-refractivity contribution is -0.0369. The second-order valence-electron chi connectivity index (χ2n) is 5.38. The van der Waals surface area contributed by atoms with Crippen molar-refractivity contribution in [1.82, 2.24) is 14.5 Å². The number of ether oxygens (including phenoxy) is 1. The van der Waals surface area contributed by atoms with Crippen LogP contribution in [0.3, 0.4) is 0 Å². The van der Waals surface area contributed by atoms with Crippen LogP contribution in [0.4, 0.5) is 0 Å². The highest BCUT2D eigenvalue weighted by atomic mass is 32.2. The molecule has 9 nitrogen and oxygen atoms in total. The minimum atomic E-state index is -4.07. The molecule has 23 heavy (non-hydrogen) atoms. The summed E-state index contributed by atoms with van der Waals surface area (Å²) in [6.07, 6.45) is 4.13. The number of aliphatic hydroxyl groups is 1. The molecule has 0 bridgehead atoms. The SMILES string of the molecule is CCc1cn(C2C[C@H](O)[C@@H](COS(N)(=O)=O)O2)c2ncncc12. The van der Waals surface area contributed by atoms with Gasteiger partial charge in [0.05, 0.1) is 12.7 Å². The van der Waals surface area contributed by atoms with E-state index < -0.39 is 28.7 Å². The molecule has 2 aromatic rings. The van der Waals surface area contributed by atoms with Gasteiger partial charge in [-0.15, -0.1) is 0 Å². The molecule has 10 heteroatoms. The molecule has 126 valence electrons. The van der Waals surface area contributed by atoms with E-state index in [0.717, 1.165) is 17.4 Å². The van der Waals surface area contributed by atoms with Gasteiger partial charge in [0.1, 0.15) is 24.3 Å². The lowest BCUT2D eigenvalue weighted by Gasteiger charge is -2.15. The van der Waals surface area contributed by atoms with Gasteiger partial charge in [-0.1, -0.05) is 6.92 Å². The van der Waals surface area contributed by atoms with Gasteiger partial charge in [0.25, 0.3) is 0 Å². The first-order valence-corrected chi connectivity index (χ1v) is 8.66. The molecule has 2 aromatic heterocycles. The number of aromatic nitrogens is 3. The molecule has 0 radical (unpaired) electrons. The van der Waals surface area contributed by atoms with Crippen LogP contribution in [-0.2, 0) is 25.6 Å². The molecule has 1 aliphatic heterocycles. The minimum Gasteiger partial charge on any atom is -0.390 e. The number of nitrogens with zero attached hydrogens (tertiary/aromatic N) is 3. The van der Waals surface area contributed by atoms with Gasteiger partial charge < -0.3 is 14.4 Å². The van der Waals surface area contributed by atoms with Crippen molar-refractivity contribution < 1.29 is 22.4 Å². The fourth-order valence-electron chi connectivity index (χ4n) is 2.75. The standard InChI is InChI=1S/C13H18N4O5S/c1-2-8-5-17(13-9(8)4-15-7-16-13)12-3-10(18)11(22-12)6-21-23(14,19)20/h4-5,7,10-12,18H,2-3,6H2,1H3,(H2,14,19,20)/t10-,11+,12?/m0/s1. The van der Waals surface area contributed by atoms with Crippen molar-refractivity contribution in [3.05, 3.63) is 24.3 Å². The Morgan fingerprint density at radius 3 is 3.04 bits per heavy atom. The number of aliphatic hydroxyl groups excluding tert-OH is 1. The van der Waals surface area contributed by atoms with E-state index in [1.165, 1.54) is 6.33 Å². The lowest BCUT2D eigenvalue weighted by Crippen LogP contribution is -2.30. The molecule has 1 saturated heterocycles. The number of nitrogens with two attached hydrogens (primary N) is 1. The second kappa shape index (κ2) is 6.13. The van der Waals surface area contributed by atoms with Crippen LogP contribution < -0.4 is 5.14 Å². The normalized spacial score (nSPS) is 25.3. The van der Waals surface area contributed by atoms with Crippen LogP contribution in [0.1, 0.15) is 25.1 Å². The topological polar surface area (TPSA) is 130 Å². The molecule has 0 aliphatic carbocycles. The van der Waals surface area contributed by atoms with Crippen molar-refractivity contribution in [3.8, 4) is 0 Å². The van der Waals surface area contributed by atoms with Crippen molar-refractivity contribution in [2.45, 2.75) is 38.2 Å². The van der Waals surface area contributed by atoms with Gasteiger partial charge in [0.2, 0.25) is 0 Å². The molecule has 3 heterocycles. The summed E-state index contributed by atoms with van der Waals surface area (Å²) >= 11 is 0. The second-order valence-corrected chi connectivity index (χ2v) is 6.61. The number of aryl methyl sites for hydroxylation is 1. The Bertz CT molecular complexity index is 806. The van der Waals surface area contributed by atoms with Crippen molar-refractivity contribution >= 4 is 21.3 Å². The zero-order valence-corrected chi connectivity index (χ0v) is 13.3. The first-order valence-electron chi connectivity index (χ1n) is 7.19. The maximum Gasteiger partial charge on any atom is 0.333 e. The first-order chi connectivity index (χ1) is 10.9. The zero-order chi connectivity index (χ0) is 16.6. The number of hydrogen-bond acceptors (Lipinski definition) is 7. The van der Waals surface area contributed by atoms with Crippen molar-refractivity contribution in [3.63, 3.8) is 0 Å². The van der Waals surface area contributed by atoms with Crippen molar-refractivity contribution in [1.29, 1.82) is 0 Å². The number of fused-ring (bicyclic) bond motifs is 1. The predicted octanol–water partition coefficient (Wildman–Crippen LogP) is -0.138. The Balaban J connectivity index is 1.83. The molecule has 3 rings (SSSR count). The van der Waals surface area contributed by atoms with Gasteiger partial charge in [-0.3, -0.25) is 4.18 Å². The summed E-state index contributed by atoms with van der Waals surface area (Å²) in [5.41, 5.74) is 1.78. The molecule has 3 atom stereocenters. The van der Waals surface area contributed by atoms with Crippen molar-refractivity contribution in [2.75, 3.05) is 6.61 Å². The molecule has 0 amide bonds. The maximum absolute atomic E-state index is 10.9. The average molecular weight is 342 g/mol. The van der Waals surface area contributed by atoms with Crippen LogP contribution in [0.25, 0.3) is 11.0 Å². The highest BCUT2D eigenvalue weighted by Gasteiger charge is 2.36. The van der Waals surface area contributed by atoms with Crippen molar-refractivity contribution in [2.24, 2.45) is 5.14 Å². The highest BCUT2D eigenvalue weighted by molar-refractivity contribution is 7.84. The average Bonchev–Trinajstić information content (AvgIpc) is 3.05. The Morgan fingerprint density at radius 1 is 1.57 bits per heavy atom. The third-order valence-corrected chi connectivity index (χ3v) is 4.33. The van der Waals surface area contributed by atoms with E-state index in [4.69, 9.17) is 9.88 Å². The first kappa shape index (κ1) is 16.3. The molecule has 0 spiro atoms. The summed E-state index contributed by atoms with van der Waals surface area (Å²) in [7, 11) is -4.07. The fraction of sp³-hybridized carbons (Fsp3) is 0.538. The summed E-state index contributed by atoms with van der Waals surface area (Å²) in [6.45, 7) is 1.70. The molecule has 0 aromatic carbocycles. The van der Waals surface area contributed by atoms with E-state index in [9.17, 15) is 13.5 Å². The zero-order valence-electron chi connectivity index (χ0n) is 12.5. The van der Waals surface area contributed by atoms with Gasteiger partial charge in [0, 0.05) is 24.2 Å². The smallest absolute Gasteiger partial charge is 0.333 e. The summed E-state index contributed by atoms with van der Waals surface area (Å²) < 4.78 is 33.8. The fourth-order valence-corrected chi connectivity index (χ4v) is 3.08. The monoisotopic (exact) mass is 342 g/mol. The van der Waals surface area contributed by atoms with Crippen LogP contribution in [0, 0.1) is 0 Å². The van der Waals surface area contributed by atoms with Crippen LogP contribution in [0.5, 0.6) is 0 Å². The van der Waals surface area contributed by atoms with Crippen LogP contribution in [0.15, 0.2) is 18.7 Å². The summed E-state index contributed by atoms with van der Waals surface area (Å²) in [5, 5.41) is 15.8. The molecule has 3 N–H and O–H groups in total. The van der Waals surface area contributed by atoms with E-state index in [2.05, 4.69) is 14.2 Å². The lowest BCUT2D eigenvalue weighted by atomic mass is 10.2. The van der Waals surface area contributed by atoms with Gasteiger partial charge in [-0.05, 0) is 12.0 Å². The summed E-state index contributed by atoms with van der Waals surface area (Å²) in [4.78, 5) is 8.31. The Morgan fingerprint density at radius 2 is 2.35 bits per heavy atom. The maximum atomic E-state index is 10.9. The molecular formula is C13H18N4O5S. The quantitative estimate of drug-likeness (QED) is 0.773. The van der Waals surface area contributed by atoms with E-state index in [1.54, 1.807) is 6.20 Å². The Labute approximate surface area is 133 Å². The van der Waals surface area contributed by atoms with Gasteiger partial charge in [-0.2, -0.15) is 8.42 Å². The molecule has 0 saturated carbocycles. The molecule has 1 fully saturated rings. The Hall–Kier alpha value is -1.59. The molecule has 1 unspecified atom stereocenters. The van der Waals surface area contributed by atoms with Crippen LogP contribution >= 0.6 is 0 Å². The largest absolute Gasteiger partial charge is 0.390 e. The van der Waals surface area contributed by atoms with E-state index in [0.29, 0.717) is 12.1 Å². The number of rotatable bonds is 5. The summed E-state index contributed by atoms with van der Waals surface area (Å²) in [6, 6.07) is 0. The highest BCUT2D eigenvalue weighted by Crippen LogP contribution is 2.33. The number of hydrogen-bond donors (Lipinski definition) is 2.